The topological polar surface area (TPSA) is 52.0 Å². The van der Waals surface area contributed by atoms with Crippen LogP contribution in [0.2, 0.25) is 0 Å². The van der Waals surface area contributed by atoms with E-state index in [2.05, 4.69) is 4.98 Å². The first kappa shape index (κ1) is 15.1. The van der Waals surface area contributed by atoms with Crippen LogP contribution in [0.15, 0.2) is 81.9 Å². The Morgan fingerprint density at radius 1 is 0.955 bits per heavy atom. The molecule has 0 aliphatic heterocycles. The molecule has 0 aliphatic rings. The Bertz CT molecular complexity index is 859. The minimum Gasteiger partial charge on any atom is -0.306 e. The fourth-order valence-electron chi connectivity index (χ4n) is 1.90. The second kappa shape index (κ2) is 6.16. The van der Waals surface area contributed by atoms with Crippen LogP contribution in [0.1, 0.15) is 0 Å². The molecule has 22 heavy (non-hydrogen) atoms. The summed E-state index contributed by atoms with van der Waals surface area (Å²) in [6.45, 7) is 0. The average molecular weight is 351 g/mol. The second-order valence-corrected chi connectivity index (χ2v) is 8.19. The third-order valence-electron chi connectivity index (χ3n) is 2.98. The van der Waals surface area contributed by atoms with Gasteiger partial charge in [0, 0.05) is 38.6 Å². The first-order valence-electron chi connectivity index (χ1n) is 6.33. The highest BCUT2D eigenvalue weighted by Crippen LogP contribution is 2.29. The van der Waals surface area contributed by atoms with Crippen LogP contribution in [-0.2, 0) is 9.05 Å². The maximum absolute atomic E-state index is 11.2. The van der Waals surface area contributed by atoms with Crippen molar-refractivity contribution in [3.05, 3.63) is 67.3 Å². The molecule has 7 heteroatoms. The molecule has 0 spiro atoms. The van der Waals surface area contributed by atoms with Crippen LogP contribution in [0.4, 0.5) is 0 Å². The summed E-state index contributed by atoms with van der Waals surface area (Å²) in [5, 5.41) is 0. The Balaban J connectivity index is 1.76. The first-order chi connectivity index (χ1) is 10.5. The summed E-state index contributed by atoms with van der Waals surface area (Å²) >= 11 is 1.55. The lowest BCUT2D eigenvalue weighted by molar-refractivity contribution is 0.609. The summed E-state index contributed by atoms with van der Waals surface area (Å²) in [6, 6.07) is 14.5. The fraction of sp³-hybridized carbons (Fsp3) is 0. The summed E-state index contributed by atoms with van der Waals surface area (Å²) in [5.74, 6) is 0. The summed E-state index contributed by atoms with van der Waals surface area (Å²) in [4.78, 5) is 6.12. The molecule has 1 heterocycles. The molecular weight excluding hydrogens is 340 g/mol. The quantitative estimate of drug-likeness (QED) is 0.668. The van der Waals surface area contributed by atoms with E-state index in [1.165, 1.54) is 12.1 Å². The molecule has 0 aliphatic carbocycles. The molecule has 0 saturated heterocycles. The predicted octanol–water partition coefficient (Wildman–Crippen LogP) is 3.95. The summed E-state index contributed by atoms with van der Waals surface area (Å²) in [5.41, 5.74) is 1.03. The van der Waals surface area contributed by atoms with E-state index in [0.717, 1.165) is 15.5 Å². The van der Waals surface area contributed by atoms with Crippen molar-refractivity contribution in [2.75, 3.05) is 0 Å². The van der Waals surface area contributed by atoms with Crippen LogP contribution in [0, 0.1) is 0 Å². The second-order valence-electron chi connectivity index (χ2n) is 4.48. The van der Waals surface area contributed by atoms with Gasteiger partial charge in [-0.2, -0.15) is 0 Å². The highest BCUT2D eigenvalue weighted by molar-refractivity contribution is 8.13. The molecule has 1 aromatic heterocycles. The van der Waals surface area contributed by atoms with E-state index < -0.39 is 9.05 Å². The van der Waals surface area contributed by atoms with Crippen LogP contribution in [0.25, 0.3) is 5.69 Å². The standard InChI is InChI=1S/C15H11ClN2O2S2/c16-22(19,20)15-7-5-14(6-8-15)21-13-3-1-12(2-4-13)18-10-9-17-11-18/h1-11H. The van der Waals surface area contributed by atoms with E-state index in [1.54, 1.807) is 36.4 Å². The molecule has 0 saturated carbocycles. The van der Waals surface area contributed by atoms with Crippen molar-refractivity contribution in [1.82, 2.24) is 9.55 Å². The molecule has 0 bridgehead atoms. The van der Waals surface area contributed by atoms with Gasteiger partial charge in [-0.15, -0.1) is 0 Å². The van der Waals surface area contributed by atoms with Crippen molar-refractivity contribution >= 4 is 31.5 Å². The van der Waals surface area contributed by atoms with Gasteiger partial charge in [0.2, 0.25) is 0 Å². The lowest BCUT2D eigenvalue weighted by atomic mass is 10.3. The molecule has 4 nitrogen and oxygen atoms in total. The van der Waals surface area contributed by atoms with Gasteiger partial charge in [0.1, 0.15) is 0 Å². The Hall–Kier alpha value is -1.76. The molecule has 0 atom stereocenters. The van der Waals surface area contributed by atoms with Crippen molar-refractivity contribution in [1.29, 1.82) is 0 Å². The molecule has 3 aromatic rings. The molecule has 0 fully saturated rings. The molecular formula is C15H11ClN2O2S2. The normalized spacial score (nSPS) is 11.5. The number of hydrogen-bond acceptors (Lipinski definition) is 4. The summed E-state index contributed by atoms with van der Waals surface area (Å²) < 4.78 is 24.3. The van der Waals surface area contributed by atoms with Gasteiger partial charge in [-0.05, 0) is 48.5 Å². The zero-order valence-electron chi connectivity index (χ0n) is 11.3. The van der Waals surface area contributed by atoms with E-state index in [0.29, 0.717) is 0 Å². The number of aromatic nitrogens is 2. The lowest BCUT2D eigenvalue weighted by Crippen LogP contribution is -1.90. The van der Waals surface area contributed by atoms with Gasteiger partial charge >= 0.3 is 0 Å². The number of halogens is 1. The third kappa shape index (κ3) is 3.52. The van der Waals surface area contributed by atoms with E-state index in [9.17, 15) is 8.42 Å². The minimum absolute atomic E-state index is 0.106. The van der Waals surface area contributed by atoms with Crippen molar-refractivity contribution in [2.45, 2.75) is 14.7 Å². The third-order valence-corrected chi connectivity index (χ3v) is 5.37. The first-order valence-corrected chi connectivity index (χ1v) is 9.46. The highest BCUT2D eigenvalue weighted by Gasteiger charge is 2.09. The van der Waals surface area contributed by atoms with E-state index in [-0.39, 0.29) is 4.90 Å². The van der Waals surface area contributed by atoms with Gasteiger partial charge in [-0.3, -0.25) is 0 Å². The number of hydrogen-bond donors (Lipinski definition) is 0. The van der Waals surface area contributed by atoms with Crippen LogP contribution >= 0.6 is 22.4 Å². The zero-order chi connectivity index (χ0) is 15.6. The Labute approximate surface area is 137 Å². The van der Waals surface area contributed by atoms with Gasteiger partial charge in [0.25, 0.3) is 9.05 Å². The number of rotatable bonds is 4. The van der Waals surface area contributed by atoms with Crippen molar-refractivity contribution in [3.63, 3.8) is 0 Å². The van der Waals surface area contributed by atoms with E-state index in [4.69, 9.17) is 10.7 Å². The van der Waals surface area contributed by atoms with Gasteiger partial charge < -0.3 is 4.57 Å². The van der Waals surface area contributed by atoms with Crippen LogP contribution in [-0.4, -0.2) is 18.0 Å². The minimum atomic E-state index is -3.67. The summed E-state index contributed by atoms with van der Waals surface area (Å²) in [7, 11) is 1.63. The zero-order valence-corrected chi connectivity index (χ0v) is 13.6. The van der Waals surface area contributed by atoms with Gasteiger partial charge in [-0.1, -0.05) is 11.8 Å². The maximum Gasteiger partial charge on any atom is 0.261 e. The van der Waals surface area contributed by atoms with Crippen molar-refractivity contribution < 1.29 is 8.42 Å². The van der Waals surface area contributed by atoms with Gasteiger partial charge in [0.15, 0.2) is 0 Å². The van der Waals surface area contributed by atoms with Gasteiger partial charge in [0.05, 0.1) is 11.2 Å². The van der Waals surface area contributed by atoms with E-state index in [1.807, 2.05) is 35.0 Å². The lowest BCUT2D eigenvalue weighted by Gasteiger charge is -2.05. The SMILES string of the molecule is O=S(=O)(Cl)c1ccc(Sc2ccc(-n3ccnc3)cc2)cc1. The number of benzene rings is 2. The molecule has 0 amide bonds. The van der Waals surface area contributed by atoms with Crippen molar-refractivity contribution in [2.24, 2.45) is 0 Å². The molecule has 0 radical (unpaired) electrons. The number of nitrogens with zero attached hydrogens (tertiary/aromatic N) is 2. The Morgan fingerprint density at radius 3 is 2.05 bits per heavy atom. The molecule has 0 N–H and O–H groups in total. The average Bonchev–Trinajstić information content (AvgIpc) is 3.02. The van der Waals surface area contributed by atoms with E-state index >= 15 is 0 Å². The Morgan fingerprint density at radius 2 is 1.55 bits per heavy atom. The molecule has 112 valence electrons. The number of imidazole rings is 1. The largest absolute Gasteiger partial charge is 0.306 e. The molecule has 0 unspecified atom stereocenters. The van der Waals surface area contributed by atoms with Crippen LogP contribution < -0.4 is 0 Å². The molecule has 2 aromatic carbocycles. The summed E-state index contributed by atoms with van der Waals surface area (Å²) in [6.07, 6.45) is 5.36. The fourth-order valence-corrected chi connectivity index (χ4v) is 3.49. The predicted molar refractivity (Wildman–Crippen MR) is 87.2 cm³/mol. The smallest absolute Gasteiger partial charge is 0.261 e. The highest BCUT2D eigenvalue weighted by atomic mass is 35.7. The molecule has 3 rings (SSSR count). The monoisotopic (exact) mass is 350 g/mol. The van der Waals surface area contributed by atoms with Crippen LogP contribution in [0.3, 0.4) is 0 Å². The van der Waals surface area contributed by atoms with Crippen LogP contribution in [0.5, 0.6) is 0 Å². The Kier molecular flexibility index (Phi) is 4.24. The van der Waals surface area contributed by atoms with Gasteiger partial charge in [-0.25, -0.2) is 13.4 Å². The maximum atomic E-state index is 11.2. The van der Waals surface area contributed by atoms with Crippen molar-refractivity contribution in [3.8, 4) is 5.69 Å².